The average molecular weight is 625 g/mol. The molecule has 0 fully saturated rings. The molecule has 214 valence electrons. The van der Waals surface area contributed by atoms with Crippen molar-refractivity contribution < 1.29 is 18.0 Å². The molecule has 2 amide bonds. The van der Waals surface area contributed by atoms with Crippen LogP contribution in [0.25, 0.3) is 0 Å². The van der Waals surface area contributed by atoms with Crippen molar-refractivity contribution in [1.82, 2.24) is 10.2 Å². The lowest BCUT2D eigenvalue weighted by Crippen LogP contribution is -2.53. The average Bonchev–Trinajstić information content (AvgIpc) is 2.88. The van der Waals surface area contributed by atoms with Gasteiger partial charge >= 0.3 is 0 Å². The van der Waals surface area contributed by atoms with Gasteiger partial charge < -0.3 is 10.2 Å². The Bertz CT molecular complexity index is 1440. The first-order valence-corrected chi connectivity index (χ1v) is 15.3. The van der Waals surface area contributed by atoms with Crippen molar-refractivity contribution in [2.75, 3.05) is 10.8 Å². The quantitative estimate of drug-likeness (QED) is 0.265. The van der Waals surface area contributed by atoms with Crippen LogP contribution >= 0.6 is 34.8 Å². The van der Waals surface area contributed by atoms with Crippen LogP contribution in [0.4, 0.5) is 5.69 Å². The second kappa shape index (κ2) is 13.7. The van der Waals surface area contributed by atoms with Crippen molar-refractivity contribution >= 4 is 62.3 Å². The van der Waals surface area contributed by atoms with E-state index in [0.717, 1.165) is 9.87 Å². The molecule has 0 aliphatic carbocycles. The van der Waals surface area contributed by atoms with Crippen molar-refractivity contribution in [2.45, 2.75) is 57.6 Å². The molecule has 0 heterocycles. The zero-order valence-electron chi connectivity index (χ0n) is 22.7. The van der Waals surface area contributed by atoms with E-state index in [-0.39, 0.29) is 29.8 Å². The molecule has 0 spiro atoms. The largest absolute Gasteiger partial charge is 0.352 e. The Kier molecular flexibility index (Phi) is 10.9. The molecule has 0 aromatic heterocycles. The Hall–Kier alpha value is -2.78. The zero-order valence-corrected chi connectivity index (χ0v) is 25.8. The minimum absolute atomic E-state index is 0.0310. The van der Waals surface area contributed by atoms with Crippen LogP contribution in [0.2, 0.25) is 15.1 Å². The monoisotopic (exact) mass is 623 g/mol. The number of sulfonamides is 1. The number of rotatable bonds is 11. The number of nitrogens with zero attached hydrogens (tertiary/aromatic N) is 2. The molecular formula is C29H32Cl3N3O4S. The minimum Gasteiger partial charge on any atom is -0.352 e. The number of hydrogen-bond acceptors (Lipinski definition) is 4. The Morgan fingerprint density at radius 1 is 0.925 bits per heavy atom. The maximum Gasteiger partial charge on any atom is 0.264 e. The van der Waals surface area contributed by atoms with E-state index in [0.29, 0.717) is 26.3 Å². The first kappa shape index (κ1) is 31.7. The zero-order chi connectivity index (χ0) is 29.6. The summed E-state index contributed by atoms with van der Waals surface area (Å²) in [5.41, 5.74) is 1.57. The summed E-state index contributed by atoms with van der Waals surface area (Å²) in [6.45, 7) is 6.58. The van der Waals surface area contributed by atoms with Gasteiger partial charge in [-0.2, -0.15) is 0 Å². The summed E-state index contributed by atoms with van der Waals surface area (Å²) in [5.74, 6) is -0.961. The van der Waals surface area contributed by atoms with Gasteiger partial charge in [0.1, 0.15) is 12.6 Å². The van der Waals surface area contributed by atoms with E-state index >= 15 is 0 Å². The molecule has 0 bridgehead atoms. The van der Waals surface area contributed by atoms with Crippen molar-refractivity contribution in [3.63, 3.8) is 0 Å². The molecule has 3 rings (SSSR count). The van der Waals surface area contributed by atoms with Crippen molar-refractivity contribution in [1.29, 1.82) is 0 Å². The second-order valence-corrected chi connectivity index (χ2v) is 12.7. The minimum atomic E-state index is -4.20. The number of hydrogen-bond donors (Lipinski definition) is 1. The third-order valence-electron chi connectivity index (χ3n) is 6.18. The molecule has 0 saturated carbocycles. The normalized spacial score (nSPS) is 12.2. The summed E-state index contributed by atoms with van der Waals surface area (Å²) < 4.78 is 28.8. The maximum atomic E-state index is 14.1. The molecule has 3 aromatic rings. The van der Waals surface area contributed by atoms with Gasteiger partial charge in [-0.3, -0.25) is 13.9 Å². The summed E-state index contributed by atoms with van der Waals surface area (Å²) in [7, 11) is -4.20. The van der Waals surface area contributed by atoms with Gasteiger partial charge in [0.15, 0.2) is 0 Å². The van der Waals surface area contributed by atoms with E-state index in [1.54, 1.807) is 43.3 Å². The van der Waals surface area contributed by atoms with Gasteiger partial charge in [0.05, 0.1) is 10.6 Å². The van der Waals surface area contributed by atoms with E-state index in [2.05, 4.69) is 5.32 Å². The first-order valence-electron chi connectivity index (χ1n) is 12.7. The standard InChI is InChI=1S/C29H32Cl3N3O4S/c1-5-27(29(37)33-19(2)3)34(17-24-25(31)10-7-11-26(24)32)28(36)18-35(22-9-6-8-20(4)16-22)40(38,39)23-14-12-21(30)13-15-23/h6-16,19,27H,5,17-18H2,1-4H3,(H,33,37)/t27-/m0/s1. The van der Waals surface area contributed by atoms with Crippen LogP contribution in [0.3, 0.4) is 0 Å². The van der Waals surface area contributed by atoms with Crippen LogP contribution in [0.15, 0.2) is 71.6 Å². The fourth-order valence-electron chi connectivity index (χ4n) is 4.20. The van der Waals surface area contributed by atoms with Gasteiger partial charge in [0.2, 0.25) is 11.8 Å². The van der Waals surface area contributed by atoms with E-state index in [1.807, 2.05) is 26.8 Å². The smallest absolute Gasteiger partial charge is 0.264 e. The van der Waals surface area contributed by atoms with Gasteiger partial charge in [0, 0.05) is 33.2 Å². The first-order chi connectivity index (χ1) is 18.8. The number of anilines is 1. The molecule has 1 N–H and O–H groups in total. The number of benzene rings is 3. The summed E-state index contributed by atoms with van der Waals surface area (Å²) in [4.78, 5) is 28.6. The molecule has 1 atom stereocenters. The molecule has 3 aromatic carbocycles. The Labute approximate surface area is 251 Å². The lowest BCUT2D eigenvalue weighted by Gasteiger charge is -2.34. The molecule has 11 heteroatoms. The predicted molar refractivity (Wildman–Crippen MR) is 162 cm³/mol. The Morgan fingerprint density at radius 2 is 1.52 bits per heavy atom. The Balaban J connectivity index is 2.11. The van der Waals surface area contributed by atoms with Crippen LogP contribution in [-0.4, -0.2) is 43.8 Å². The molecule has 0 aliphatic rings. The van der Waals surface area contributed by atoms with Crippen LogP contribution in [0, 0.1) is 6.92 Å². The molecule has 0 saturated heterocycles. The summed E-state index contributed by atoms with van der Waals surface area (Å²) >= 11 is 18.9. The fraction of sp³-hybridized carbons (Fsp3) is 0.310. The van der Waals surface area contributed by atoms with E-state index < -0.39 is 28.5 Å². The second-order valence-electron chi connectivity index (χ2n) is 9.61. The van der Waals surface area contributed by atoms with Crippen molar-refractivity contribution in [2.24, 2.45) is 0 Å². The van der Waals surface area contributed by atoms with Crippen LogP contribution < -0.4 is 9.62 Å². The third-order valence-corrected chi connectivity index (χ3v) is 8.93. The summed E-state index contributed by atoms with van der Waals surface area (Å²) in [6, 6.07) is 16.4. The molecule has 0 aliphatic heterocycles. The highest BCUT2D eigenvalue weighted by molar-refractivity contribution is 7.92. The Morgan fingerprint density at radius 3 is 2.08 bits per heavy atom. The number of halogens is 3. The van der Waals surface area contributed by atoms with Crippen molar-refractivity contribution in [3.05, 3.63) is 92.9 Å². The van der Waals surface area contributed by atoms with Gasteiger partial charge in [-0.15, -0.1) is 0 Å². The number of nitrogens with one attached hydrogen (secondary N) is 1. The number of carbonyl (C=O) groups is 2. The highest BCUT2D eigenvalue weighted by atomic mass is 35.5. The topological polar surface area (TPSA) is 86.8 Å². The SMILES string of the molecule is CC[C@@H](C(=O)NC(C)C)N(Cc1c(Cl)cccc1Cl)C(=O)CN(c1cccc(C)c1)S(=O)(=O)c1ccc(Cl)cc1. The van der Waals surface area contributed by atoms with E-state index in [1.165, 1.54) is 29.2 Å². The lowest BCUT2D eigenvalue weighted by atomic mass is 10.1. The lowest BCUT2D eigenvalue weighted by molar-refractivity contribution is -0.140. The molecule has 0 unspecified atom stereocenters. The fourth-order valence-corrected chi connectivity index (χ4v) is 6.25. The van der Waals surface area contributed by atoms with Gasteiger partial charge in [-0.1, -0.05) is 59.9 Å². The molecular weight excluding hydrogens is 593 g/mol. The third kappa shape index (κ3) is 7.69. The summed E-state index contributed by atoms with van der Waals surface area (Å²) in [6.07, 6.45) is 0.279. The maximum absolute atomic E-state index is 14.1. The number of carbonyl (C=O) groups excluding carboxylic acids is 2. The molecule has 0 radical (unpaired) electrons. The van der Waals surface area contributed by atoms with Crippen LogP contribution in [0.1, 0.15) is 38.3 Å². The highest BCUT2D eigenvalue weighted by Crippen LogP contribution is 2.29. The highest BCUT2D eigenvalue weighted by Gasteiger charge is 2.34. The number of aryl methyl sites for hydroxylation is 1. The predicted octanol–water partition coefficient (Wildman–Crippen LogP) is 6.48. The van der Waals surface area contributed by atoms with Crippen molar-refractivity contribution in [3.8, 4) is 0 Å². The van der Waals surface area contributed by atoms with Gasteiger partial charge in [-0.25, -0.2) is 8.42 Å². The summed E-state index contributed by atoms with van der Waals surface area (Å²) in [5, 5.41) is 3.89. The van der Waals surface area contributed by atoms with Crippen LogP contribution in [0.5, 0.6) is 0 Å². The van der Waals surface area contributed by atoms with Gasteiger partial charge in [-0.05, 0) is 81.3 Å². The van der Waals surface area contributed by atoms with Gasteiger partial charge in [0.25, 0.3) is 10.0 Å². The van der Waals surface area contributed by atoms with E-state index in [4.69, 9.17) is 34.8 Å². The van der Waals surface area contributed by atoms with Crippen LogP contribution in [-0.2, 0) is 26.2 Å². The van der Waals surface area contributed by atoms with E-state index in [9.17, 15) is 18.0 Å². The molecule has 7 nitrogen and oxygen atoms in total. The number of amides is 2. The molecule has 40 heavy (non-hydrogen) atoms.